The van der Waals surface area contributed by atoms with E-state index in [0.717, 1.165) is 11.1 Å². The van der Waals surface area contributed by atoms with Crippen molar-refractivity contribution in [3.63, 3.8) is 0 Å². The average molecular weight is 290 g/mol. The van der Waals surface area contributed by atoms with E-state index < -0.39 is 0 Å². The standard InChI is InChI=1S/C15H16ClN3O/c1-10-6-7-12(14(8-10)19-17)15(20)18-9-11-4-2-3-5-13(11)16/h2-8,19H,9,17H2,1H3,(H,18,20). The van der Waals surface area contributed by atoms with Gasteiger partial charge in [-0.05, 0) is 36.2 Å². The molecule has 104 valence electrons. The highest BCUT2D eigenvalue weighted by molar-refractivity contribution is 6.31. The Morgan fingerprint density at radius 1 is 1.25 bits per heavy atom. The Balaban J connectivity index is 2.11. The minimum absolute atomic E-state index is 0.196. The molecule has 5 heteroatoms. The highest BCUT2D eigenvalue weighted by Crippen LogP contribution is 2.18. The highest BCUT2D eigenvalue weighted by Gasteiger charge is 2.11. The molecule has 0 radical (unpaired) electrons. The second kappa shape index (κ2) is 6.41. The topological polar surface area (TPSA) is 67.2 Å². The Morgan fingerprint density at radius 3 is 2.70 bits per heavy atom. The van der Waals surface area contributed by atoms with Crippen LogP contribution < -0.4 is 16.6 Å². The number of carbonyl (C=O) groups excluding carboxylic acids is 1. The highest BCUT2D eigenvalue weighted by atomic mass is 35.5. The number of hydrogen-bond acceptors (Lipinski definition) is 3. The van der Waals surface area contributed by atoms with Crippen molar-refractivity contribution < 1.29 is 4.79 Å². The van der Waals surface area contributed by atoms with Crippen LogP contribution in [0.5, 0.6) is 0 Å². The third kappa shape index (κ3) is 3.29. The van der Waals surface area contributed by atoms with Gasteiger partial charge in [-0.15, -0.1) is 0 Å². The number of carbonyl (C=O) groups is 1. The predicted octanol–water partition coefficient (Wildman–Crippen LogP) is 2.86. The molecule has 0 atom stereocenters. The fourth-order valence-electron chi connectivity index (χ4n) is 1.89. The minimum Gasteiger partial charge on any atom is -0.348 e. The van der Waals surface area contributed by atoms with Crippen molar-refractivity contribution in [3.05, 3.63) is 64.2 Å². The molecule has 0 fully saturated rings. The van der Waals surface area contributed by atoms with Crippen LogP contribution in [0, 0.1) is 6.92 Å². The van der Waals surface area contributed by atoms with Crippen molar-refractivity contribution in [2.45, 2.75) is 13.5 Å². The summed E-state index contributed by atoms with van der Waals surface area (Å²) >= 11 is 6.05. The number of nitrogen functional groups attached to an aromatic ring is 1. The van der Waals surface area contributed by atoms with Gasteiger partial charge < -0.3 is 10.7 Å². The zero-order chi connectivity index (χ0) is 14.5. The predicted molar refractivity (Wildman–Crippen MR) is 81.6 cm³/mol. The maximum absolute atomic E-state index is 12.2. The van der Waals surface area contributed by atoms with Gasteiger partial charge in [0.1, 0.15) is 0 Å². The SMILES string of the molecule is Cc1ccc(C(=O)NCc2ccccc2Cl)c(NN)c1. The van der Waals surface area contributed by atoms with Crippen LogP contribution in [0.3, 0.4) is 0 Å². The maximum Gasteiger partial charge on any atom is 0.253 e. The molecule has 0 saturated heterocycles. The molecule has 2 aromatic rings. The number of benzene rings is 2. The summed E-state index contributed by atoms with van der Waals surface area (Å²) in [6.07, 6.45) is 0. The summed E-state index contributed by atoms with van der Waals surface area (Å²) in [5.74, 6) is 5.24. The van der Waals surface area contributed by atoms with E-state index in [-0.39, 0.29) is 5.91 Å². The van der Waals surface area contributed by atoms with Crippen molar-refractivity contribution in [2.75, 3.05) is 5.43 Å². The number of hydrazine groups is 1. The zero-order valence-electron chi connectivity index (χ0n) is 11.1. The molecule has 20 heavy (non-hydrogen) atoms. The molecule has 0 bridgehead atoms. The fraction of sp³-hybridized carbons (Fsp3) is 0.133. The zero-order valence-corrected chi connectivity index (χ0v) is 11.9. The smallest absolute Gasteiger partial charge is 0.253 e. The molecular weight excluding hydrogens is 274 g/mol. The van der Waals surface area contributed by atoms with Crippen LogP contribution in [0.4, 0.5) is 5.69 Å². The number of rotatable bonds is 4. The van der Waals surface area contributed by atoms with Crippen LogP contribution in [-0.2, 0) is 6.54 Å². The maximum atomic E-state index is 12.2. The molecule has 0 spiro atoms. The largest absolute Gasteiger partial charge is 0.348 e. The molecule has 0 aliphatic rings. The van der Waals surface area contributed by atoms with E-state index in [9.17, 15) is 4.79 Å². The van der Waals surface area contributed by atoms with Crippen LogP contribution in [0.25, 0.3) is 0 Å². The van der Waals surface area contributed by atoms with E-state index in [4.69, 9.17) is 17.4 Å². The van der Waals surface area contributed by atoms with Gasteiger partial charge in [0, 0.05) is 11.6 Å². The Morgan fingerprint density at radius 2 is 2.00 bits per heavy atom. The van der Waals surface area contributed by atoms with Crippen LogP contribution in [0.15, 0.2) is 42.5 Å². The van der Waals surface area contributed by atoms with E-state index in [0.29, 0.717) is 22.8 Å². The summed E-state index contributed by atoms with van der Waals surface area (Å²) in [7, 11) is 0. The first kappa shape index (κ1) is 14.4. The molecule has 2 rings (SSSR count). The van der Waals surface area contributed by atoms with Crippen molar-refractivity contribution in [2.24, 2.45) is 5.84 Å². The second-order valence-corrected chi connectivity index (χ2v) is 4.87. The van der Waals surface area contributed by atoms with Crippen LogP contribution in [0.2, 0.25) is 5.02 Å². The molecule has 1 amide bonds. The molecular formula is C15H16ClN3O. The lowest BCUT2D eigenvalue weighted by molar-refractivity contribution is 0.0951. The number of aryl methyl sites for hydroxylation is 1. The van der Waals surface area contributed by atoms with Gasteiger partial charge >= 0.3 is 0 Å². The third-order valence-corrected chi connectivity index (χ3v) is 3.34. The van der Waals surface area contributed by atoms with Crippen LogP contribution >= 0.6 is 11.6 Å². The molecule has 0 aliphatic carbocycles. The van der Waals surface area contributed by atoms with E-state index in [2.05, 4.69) is 10.7 Å². The summed E-state index contributed by atoms with van der Waals surface area (Å²) in [6, 6.07) is 12.8. The summed E-state index contributed by atoms with van der Waals surface area (Å²) in [5, 5.41) is 3.46. The normalized spacial score (nSPS) is 10.2. The Labute approximate surface area is 122 Å². The van der Waals surface area contributed by atoms with E-state index in [1.54, 1.807) is 12.1 Å². The monoisotopic (exact) mass is 289 g/mol. The summed E-state index contributed by atoms with van der Waals surface area (Å²) in [5.41, 5.74) is 5.54. The lowest BCUT2D eigenvalue weighted by Crippen LogP contribution is -2.25. The summed E-state index contributed by atoms with van der Waals surface area (Å²) < 4.78 is 0. The summed E-state index contributed by atoms with van der Waals surface area (Å²) in [4.78, 5) is 12.2. The molecule has 0 saturated carbocycles. The first-order chi connectivity index (χ1) is 9.61. The lowest BCUT2D eigenvalue weighted by atomic mass is 10.1. The number of anilines is 1. The second-order valence-electron chi connectivity index (χ2n) is 4.47. The Bertz CT molecular complexity index is 628. The summed E-state index contributed by atoms with van der Waals surface area (Å²) in [6.45, 7) is 2.31. The van der Waals surface area contributed by atoms with Gasteiger partial charge in [0.05, 0.1) is 11.3 Å². The van der Waals surface area contributed by atoms with Gasteiger partial charge in [0.15, 0.2) is 0 Å². The first-order valence-corrected chi connectivity index (χ1v) is 6.58. The van der Waals surface area contributed by atoms with Gasteiger partial charge in [0.25, 0.3) is 5.91 Å². The molecule has 0 heterocycles. The number of amides is 1. The van der Waals surface area contributed by atoms with Gasteiger partial charge in [-0.1, -0.05) is 35.9 Å². The lowest BCUT2D eigenvalue weighted by Gasteiger charge is -2.11. The molecule has 4 N–H and O–H groups in total. The quantitative estimate of drug-likeness (QED) is 0.599. The number of nitrogens with two attached hydrogens (primary N) is 1. The van der Waals surface area contributed by atoms with Crippen molar-refractivity contribution in [3.8, 4) is 0 Å². The van der Waals surface area contributed by atoms with Crippen molar-refractivity contribution >= 4 is 23.2 Å². The molecule has 2 aromatic carbocycles. The van der Waals surface area contributed by atoms with Crippen LogP contribution in [0.1, 0.15) is 21.5 Å². The van der Waals surface area contributed by atoms with Crippen LogP contribution in [-0.4, -0.2) is 5.91 Å². The van der Waals surface area contributed by atoms with E-state index in [1.165, 1.54) is 0 Å². The average Bonchev–Trinajstić information content (AvgIpc) is 2.46. The molecule has 4 nitrogen and oxygen atoms in total. The van der Waals surface area contributed by atoms with Gasteiger partial charge in [-0.25, -0.2) is 0 Å². The number of hydrogen-bond donors (Lipinski definition) is 3. The Hall–Kier alpha value is -2.04. The minimum atomic E-state index is -0.196. The van der Waals surface area contributed by atoms with Gasteiger partial charge in [0.2, 0.25) is 0 Å². The Kier molecular flexibility index (Phi) is 4.61. The van der Waals surface area contributed by atoms with E-state index >= 15 is 0 Å². The number of nitrogens with one attached hydrogen (secondary N) is 2. The first-order valence-electron chi connectivity index (χ1n) is 6.20. The molecule has 0 aliphatic heterocycles. The van der Waals surface area contributed by atoms with Gasteiger partial charge in [-0.3, -0.25) is 10.6 Å². The third-order valence-electron chi connectivity index (χ3n) is 2.97. The van der Waals surface area contributed by atoms with E-state index in [1.807, 2.05) is 37.3 Å². The van der Waals surface area contributed by atoms with Crippen molar-refractivity contribution in [1.82, 2.24) is 5.32 Å². The van der Waals surface area contributed by atoms with Gasteiger partial charge in [-0.2, -0.15) is 0 Å². The fourth-order valence-corrected chi connectivity index (χ4v) is 2.09. The number of halogens is 1. The van der Waals surface area contributed by atoms with Crippen molar-refractivity contribution in [1.29, 1.82) is 0 Å². The molecule has 0 unspecified atom stereocenters. The molecule has 0 aromatic heterocycles.